The Morgan fingerprint density at radius 1 is 0.920 bits per heavy atom. The van der Waals surface area contributed by atoms with Gasteiger partial charge in [-0.15, -0.1) is 0 Å². The second-order valence-electron chi connectivity index (χ2n) is 6.64. The molecule has 0 bridgehead atoms. The van der Waals surface area contributed by atoms with Gasteiger partial charge in [-0.1, -0.05) is 63.9 Å². The first-order chi connectivity index (χ1) is 12.3. The van der Waals surface area contributed by atoms with Gasteiger partial charge in [0.2, 0.25) is 0 Å². The van der Waals surface area contributed by atoms with E-state index in [2.05, 4.69) is 0 Å². The van der Waals surface area contributed by atoms with Gasteiger partial charge in [0, 0.05) is 0 Å². The normalized spacial score (nSPS) is 18.0. The van der Waals surface area contributed by atoms with Gasteiger partial charge in [0.15, 0.2) is 0 Å². The highest BCUT2D eigenvalue weighted by Gasteiger charge is 2.17. The molecule has 0 N–H and O–H groups in total. The first-order valence-corrected chi connectivity index (χ1v) is 9.76. The van der Waals surface area contributed by atoms with E-state index in [1.165, 1.54) is 44.9 Å². The Morgan fingerprint density at radius 3 is 2.12 bits per heavy atom. The van der Waals surface area contributed by atoms with E-state index in [4.69, 9.17) is 14.5 Å². The fourth-order valence-corrected chi connectivity index (χ4v) is 3.11. The summed E-state index contributed by atoms with van der Waals surface area (Å²) in [6, 6.07) is 6.99. The molecule has 1 aromatic rings. The number of carbonyl (C=O) groups is 1. The van der Waals surface area contributed by atoms with Gasteiger partial charge >= 0.3 is 5.97 Å². The van der Waals surface area contributed by atoms with Crippen molar-refractivity contribution >= 4 is 5.97 Å². The summed E-state index contributed by atoms with van der Waals surface area (Å²) in [4.78, 5) is 22.7. The van der Waals surface area contributed by atoms with Crippen molar-refractivity contribution < 1.29 is 19.3 Å². The zero-order chi connectivity index (χ0) is 17.7. The Kier molecular flexibility index (Phi) is 9.42. The third kappa shape index (κ3) is 7.91. The van der Waals surface area contributed by atoms with E-state index in [1.807, 2.05) is 13.0 Å². The highest BCUT2D eigenvalue weighted by molar-refractivity contribution is 5.89. The standard InChI is InChI=1S/C21H31O4/c1-2-23-20-16-12-13-18(17-20)21(22)25-24-19-14-10-8-6-4-3-5-7-9-11-15-19/h12-13,16-17H,2-11,14-15H2,1H3. The molecule has 0 spiro atoms. The lowest BCUT2D eigenvalue weighted by molar-refractivity contribution is -0.237. The van der Waals surface area contributed by atoms with Gasteiger partial charge in [-0.25, -0.2) is 4.79 Å². The van der Waals surface area contributed by atoms with Gasteiger partial charge in [0.05, 0.1) is 12.2 Å². The number of carbonyl (C=O) groups excluding carboxylic acids is 1. The molecule has 1 aliphatic carbocycles. The molecule has 0 aliphatic heterocycles. The Labute approximate surface area is 151 Å². The summed E-state index contributed by atoms with van der Waals surface area (Å²) < 4.78 is 5.42. The van der Waals surface area contributed by atoms with Crippen molar-refractivity contribution in [2.45, 2.75) is 77.6 Å². The largest absolute Gasteiger partial charge is 0.494 e. The molecule has 2 rings (SSSR count). The lowest BCUT2D eigenvalue weighted by Gasteiger charge is -2.16. The molecule has 1 fully saturated rings. The lowest BCUT2D eigenvalue weighted by atomic mass is 9.99. The summed E-state index contributed by atoms with van der Waals surface area (Å²) in [5, 5.41) is 0. The van der Waals surface area contributed by atoms with Gasteiger partial charge in [-0.05, 0) is 38.0 Å². The third-order valence-corrected chi connectivity index (χ3v) is 4.53. The molecule has 4 nitrogen and oxygen atoms in total. The number of rotatable bonds is 5. The van der Waals surface area contributed by atoms with Crippen LogP contribution in [0.3, 0.4) is 0 Å². The molecule has 0 aromatic heterocycles. The quantitative estimate of drug-likeness (QED) is 0.483. The van der Waals surface area contributed by atoms with Gasteiger partial charge in [-0.3, -0.25) is 4.89 Å². The average molecular weight is 347 g/mol. The van der Waals surface area contributed by atoms with Crippen molar-refractivity contribution in [2.75, 3.05) is 6.61 Å². The summed E-state index contributed by atoms with van der Waals surface area (Å²) in [5.74, 6) is 0.191. The van der Waals surface area contributed by atoms with Gasteiger partial charge in [0.25, 0.3) is 0 Å². The van der Waals surface area contributed by atoms with E-state index in [0.717, 1.165) is 31.8 Å². The zero-order valence-corrected chi connectivity index (χ0v) is 15.4. The van der Waals surface area contributed by atoms with Crippen LogP contribution in [0.15, 0.2) is 24.3 Å². The molecule has 1 saturated carbocycles. The first kappa shape index (κ1) is 19.8. The van der Waals surface area contributed by atoms with Crippen LogP contribution in [0.2, 0.25) is 0 Å². The van der Waals surface area contributed by atoms with E-state index in [0.29, 0.717) is 17.9 Å². The van der Waals surface area contributed by atoms with E-state index in [-0.39, 0.29) is 0 Å². The first-order valence-electron chi connectivity index (χ1n) is 9.76. The smallest absolute Gasteiger partial charge is 0.373 e. The molecular weight excluding hydrogens is 316 g/mol. The molecule has 1 radical (unpaired) electrons. The van der Waals surface area contributed by atoms with E-state index in [9.17, 15) is 4.79 Å². The molecule has 139 valence electrons. The van der Waals surface area contributed by atoms with Crippen molar-refractivity contribution in [3.05, 3.63) is 35.9 Å². The zero-order valence-electron chi connectivity index (χ0n) is 15.4. The molecule has 0 saturated heterocycles. The van der Waals surface area contributed by atoms with Gasteiger partial charge < -0.3 is 4.74 Å². The van der Waals surface area contributed by atoms with Crippen LogP contribution >= 0.6 is 0 Å². The van der Waals surface area contributed by atoms with Crippen molar-refractivity contribution in [3.63, 3.8) is 0 Å². The summed E-state index contributed by atoms with van der Waals surface area (Å²) in [7, 11) is 0. The highest BCUT2D eigenvalue weighted by Crippen LogP contribution is 2.24. The highest BCUT2D eigenvalue weighted by atomic mass is 17.2. The van der Waals surface area contributed by atoms with Crippen molar-refractivity contribution in [1.82, 2.24) is 0 Å². The summed E-state index contributed by atoms with van der Waals surface area (Å²) in [5.41, 5.74) is 0.444. The Bertz CT molecular complexity index is 488. The Morgan fingerprint density at radius 2 is 1.52 bits per heavy atom. The minimum atomic E-state index is -0.472. The van der Waals surface area contributed by atoms with Crippen LogP contribution < -0.4 is 4.74 Å². The topological polar surface area (TPSA) is 44.8 Å². The molecule has 4 heteroatoms. The predicted molar refractivity (Wildman–Crippen MR) is 98.1 cm³/mol. The number of ether oxygens (including phenoxy) is 1. The molecule has 1 aromatic carbocycles. The van der Waals surface area contributed by atoms with Crippen LogP contribution in [0.25, 0.3) is 0 Å². The van der Waals surface area contributed by atoms with E-state index in [1.54, 1.807) is 18.2 Å². The van der Waals surface area contributed by atoms with Crippen LogP contribution in [0.5, 0.6) is 5.75 Å². The van der Waals surface area contributed by atoms with Gasteiger partial charge in [0.1, 0.15) is 11.9 Å². The van der Waals surface area contributed by atoms with Crippen LogP contribution in [-0.4, -0.2) is 12.6 Å². The maximum absolute atomic E-state index is 12.2. The summed E-state index contributed by atoms with van der Waals surface area (Å²) in [6.45, 7) is 2.47. The Hall–Kier alpha value is -1.55. The maximum Gasteiger partial charge on any atom is 0.373 e. The molecule has 1 aliphatic rings. The molecular formula is C21H31O4. The minimum absolute atomic E-state index is 0.444. The molecule has 0 heterocycles. The molecule has 0 atom stereocenters. The monoisotopic (exact) mass is 347 g/mol. The minimum Gasteiger partial charge on any atom is -0.494 e. The number of hydrogen-bond donors (Lipinski definition) is 0. The second kappa shape index (κ2) is 11.9. The van der Waals surface area contributed by atoms with E-state index >= 15 is 0 Å². The van der Waals surface area contributed by atoms with Crippen LogP contribution in [-0.2, 0) is 9.78 Å². The van der Waals surface area contributed by atoms with Crippen molar-refractivity contribution in [2.24, 2.45) is 0 Å². The third-order valence-electron chi connectivity index (χ3n) is 4.53. The van der Waals surface area contributed by atoms with Gasteiger partial charge in [-0.2, -0.15) is 4.89 Å². The fourth-order valence-electron chi connectivity index (χ4n) is 3.11. The Balaban J connectivity index is 1.81. The van der Waals surface area contributed by atoms with Crippen LogP contribution in [0, 0.1) is 6.10 Å². The maximum atomic E-state index is 12.2. The van der Waals surface area contributed by atoms with Crippen molar-refractivity contribution in [1.29, 1.82) is 0 Å². The fraction of sp³-hybridized carbons (Fsp3) is 0.619. The lowest BCUT2D eigenvalue weighted by Crippen LogP contribution is -2.11. The predicted octanol–water partition coefficient (Wildman–Crippen LogP) is 6.01. The molecule has 0 amide bonds. The van der Waals surface area contributed by atoms with E-state index < -0.39 is 5.97 Å². The van der Waals surface area contributed by atoms with Crippen molar-refractivity contribution in [3.8, 4) is 5.75 Å². The molecule has 0 unspecified atom stereocenters. The summed E-state index contributed by atoms with van der Waals surface area (Å²) in [6.07, 6.45) is 13.9. The molecule has 25 heavy (non-hydrogen) atoms. The van der Waals surface area contributed by atoms with Crippen LogP contribution in [0.4, 0.5) is 0 Å². The SMILES string of the molecule is CCOc1cccc(C(=O)OO[C]2CCCCCCCCCCC2)c1. The second-order valence-corrected chi connectivity index (χ2v) is 6.64. The number of benzene rings is 1. The summed E-state index contributed by atoms with van der Waals surface area (Å²) >= 11 is 0. The number of hydrogen-bond acceptors (Lipinski definition) is 4. The average Bonchev–Trinajstić information content (AvgIpc) is 2.61. The van der Waals surface area contributed by atoms with Crippen LogP contribution in [0.1, 0.15) is 87.9 Å².